The van der Waals surface area contributed by atoms with E-state index in [1.807, 2.05) is 31.2 Å². The molecular formula is C18H14ClFN2O2S2. The van der Waals surface area contributed by atoms with Gasteiger partial charge >= 0.3 is 0 Å². The van der Waals surface area contributed by atoms with Gasteiger partial charge in [0.25, 0.3) is 5.91 Å². The Morgan fingerprint density at radius 3 is 2.62 bits per heavy atom. The lowest BCUT2D eigenvalue weighted by molar-refractivity contribution is -0.119. The second kappa shape index (κ2) is 8.07. The van der Waals surface area contributed by atoms with Crippen LogP contribution in [0.1, 0.15) is 15.2 Å². The lowest BCUT2D eigenvalue weighted by atomic mass is 10.2. The predicted molar refractivity (Wildman–Crippen MR) is 104 cm³/mol. The molecule has 26 heavy (non-hydrogen) atoms. The number of thiophene rings is 1. The number of carbonyl (C=O) groups excluding carboxylic acids is 2. The molecule has 0 aliphatic carbocycles. The van der Waals surface area contributed by atoms with Crippen LogP contribution in [-0.4, -0.2) is 17.6 Å². The van der Waals surface area contributed by atoms with Gasteiger partial charge in [0.2, 0.25) is 5.91 Å². The van der Waals surface area contributed by atoms with Crippen LogP contribution < -0.4 is 10.9 Å². The molecule has 3 rings (SSSR count). The molecule has 0 aliphatic heterocycles. The Morgan fingerprint density at radius 2 is 1.88 bits per heavy atom. The molecule has 0 fully saturated rings. The highest BCUT2D eigenvalue weighted by Crippen LogP contribution is 2.35. The van der Waals surface area contributed by atoms with Crippen molar-refractivity contribution >= 4 is 56.6 Å². The summed E-state index contributed by atoms with van der Waals surface area (Å²) in [5, 5.41) is 0.843. The molecule has 0 unspecified atom stereocenters. The molecule has 2 aromatic carbocycles. The molecule has 0 saturated carbocycles. The molecule has 1 aromatic heterocycles. The Kier molecular flexibility index (Phi) is 5.80. The number of hydrogen-bond acceptors (Lipinski definition) is 4. The van der Waals surface area contributed by atoms with Crippen molar-refractivity contribution in [2.75, 3.05) is 5.75 Å². The molecule has 1 heterocycles. The van der Waals surface area contributed by atoms with E-state index in [2.05, 4.69) is 10.9 Å². The van der Waals surface area contributed by atoms with Gasteiger partial charge < -0.3 is 0 Å². The van der Waals surface area contributed by atoms with Crippen LogP contribution in [0.2, 0.25) is 5.02 Å². The van der Waals surface area contributed by atoms with E-state index < -0.39 is 11.7 Å². The predicted octanol–water partition coefficient (Wildman–Crippen LogP) is 4.56. The van der Waals surface area contributed by atoms with Gasteiger partial charge in [0, 0.05) is 15.0 Å². The van der Waals surface area contributed by atoms with Gasteiger partial charge in [0.15, 0.2) is 0 Å². The maximum Gasteiger partial charge on any atom is 0.281 e. The summed E-state index contributed by atoms with van der Waals surface area (Å²) in [5.74, 6) is -1.12. The number of carbonyl (C=O) groups is 2. The fourth-order valence-corrected chi connectivity index (χ4v) is 4.32. The van der Waals surface area contributed by atoms with Gasteiger partial charge in [-0.3, -0.25) is 20.4 Å². The third-order valence-electron chi connectivity index (χ3n) is 3.50. The van der Waals surface area contributed by atoms with Gasteiger partial charge in [-0.05, 0) is 37.3 Å². The van der Waals surface area contributed by atoms with Crippen molar-refractivity contribution in [2.45, 2.75) is 11.8 Å². The van der Waals surface area contributed by atoms with Gasteiger partial charge in [0.05, 0.1) is 10.8 Å². The largest absolute Gasteiger partial charge is 0.281 e. The highest BCUT2D eigenvalue weighted by Gasteiger charge is 2.18. The maximum absolute atomic E-state index is 13.3. The fraction of sp³-hybridized carbons (Fsp3) is 0.111. The van der Waals surface area contributed by atoms with Gasteiger partial charge in [-0.2, -0.15) is 0 Å². The molecule has 0 radical (unpaired) electrons. The van der Waals surface area contributed by atoms with Crippen molar-refractivity contribution in [1.29, 1.82) is 0 Å². The molecule has 0 aliphatic rings. The van der Waals surface area contributed by atoms with E-state index in [0.29, 0.717) is 10.1 Å². The second-order valence-electron chi connectivity index (χ2n) is 5.49. The van der Waals surface area contributed by atoms with Crippen molar-refractivity contribution < 1.29 is 14.0 Å². The summed E-state index contributed by atoms with van der Waals surface area (Å²) in [6, 6.07) is 11.9. The molecule has 0 atom stereocenters. The van der Waals surface area contributed by atoms with Crippen molar-refractivity contribution in [3.8, 4) is 0 Å². The average Bonchev–Trinajstić information content (AvgIpc) is 2.95. The smallest absolute Gasteiger partial charge is 0.272 e. The first-order valence-electron chi connectivity index (χ1n) is 7.60. The molecule has 134 valence electrons. The zero-order valence-electron chi connectivity index (χ0n) is 13.6. The van der Waals surface area contributed by atoms with Gasteiger partial charge in [0.1, 0.15) is 10.7 Å². The van der Waals surface area contributed by atoms with Gasteiger partial charge in [-0.1, -0.05) is 29.3 Å². The minimum Gasteiger partial charge on any atom is -0.272 e. The molecule has 8 heteroatoms. The lowest BCUT2D eigenvalue weighted by Crippen LogP contribution is -2.42. The monoisotopic (exact) mass is 408 g/mol. The minimum absolute atomic E-state index is 0.161. The summed E-state index contributed by atoms with van der Waals surface area (Å²) in [5.41, 5.74) is 5.85. The number of nitrogens with one attached hydrogen (secondary N) is 2. The first kappa shape index (κ1) is 18.7. The molecule has 4 nitrogen and oxygen atoms in total. The Labute approximate surface area is 162 Å². The number of fused-ring (bicyclic) bond motifs is 1. The van der Waals surface area contributed by atoms with Crippen LogP contribution in [0.3, 0.4) is 0 Å². The number of thioether (sulfide) groups is 1. The number of amides is 2. The quantitative estimate of drug-likeness (QED) is 0.491. The summed E-state index contributed by atoms with van der Waals surface area (Å²) >= 11 is 8.62. The Bertz CT molecular complexity index is 973. The highest BCUT2D eigenvalue weighted by molar-refractivity contribution is 8.00. The number of aryl methyl sites for hydroxylation is 1. The fourth-order valence-electron chi connectivity index (χ4n) is 2.19. The van der Waals surface area contributed by atoms with Crippen LogP contribution in [-0.2, 0) is 4.79 Å². The molecule has 3 aromatic rings. The number of hydrogen-bond donors (Lipinski definition) is 2. The van der Waals surface area contributed by atoms with Crippen LogP contribution in [0.4, 0.5) is 4.39 Å². The van der Waals surface area contributed by atoms with Crippen LogP contribution in [0.15, 0.2) is 47.4 Å². The van der Waals surface area contributed by atoms with Crippen LogP contribution in [0.25, 0.3) is 10.1 Å². The molecule has 2 N–H and O–H groups in total. The average molecular weight is 409 g/mol. The minimum atomic E-state index is -0.537. The summed E-state index contributed by atoms with van der Waals surface area (Å²) in [6.45, 7) is 1.99. The van der Waals surface area contributed by atoms with Crippen LogP contribution in [0.5, 0.6) is 0 Å². The van der Waals surface area contributed by atoms with Crippen molar-refractivity contribution in [1.82, 2.24) is 10.9 Å². The molecule has 0 saturated heterocycles. The Balaban J connectivity index is 1.57. The van der Waals surface area contributed by atoms with Gasteiger partial charge in [-0.25, -0.2) is 4.39 Å². The van der Waals surface area contributed by atoms with E-state index in [-0.39, 0.29) is 21.6 Å². The number of hydrazine groups is 1. The van der Waals surface area contributed by atoms with E-state index in [4.69, 9.17) is 11.6 Å². The van der Waals surface area contributed by atoms with E-state index in [0.717, 1.165) is 21.8 Å². The topological polar surface area (TPSA) is 58.2 Å². The zero-order chi connectivity index (χ0) is 18.7. The molecule has 0 spiro atoms. The molecule has 0 bridgehead atoms. The normalized spacial score (nSPS) is 10.7. The van der Waals surface area contributed by atoms with E-state index in [1.54, 1.807) is 0 Å². The standard InChI is InChI=1S/C18H14ClFN2O2S2/c1-10-2-5-12(6-3-10)25-9-15(23)21-22-18(24)17-16(19)13-7-4-11(20)8-14(13)26-17/h2-8H,9H2,1H3,(H,21,23)(H,22,24). The lowest BCUT2D eigenvalue weighted by Gasteiger charge is -2.06. The van der Waals surface area contributed by atoms with Gasteiger partial charge in [-0.15, -0.1) is 23.1 Å². The summed E-state index contributed by atoms with van der Waals surface area (Å²) in [4.78, 5) is 25.3. The highest BCUT2D eigenvalue weighted by atomic mass is 35.5. The Morgan fingerprint density at radius 1 is 1.15 bits per heavy atom. The van der Waals surface area contributed by atoms with Crippen molar-refractivity contribution in [3.63, 3.8) is 0 Å². The van der Waals surface area contributed by atoms with E-state index >= 15 is 0 Å². The van der Waals surface area contributed by atoms with E-state index in [9.17, 15) is 14.0 Å². The third kappa shape index (κ3) is 4.35. The first-order valence-corrected chi connectivity index (χ1v) is 9.78. The SMILES string of the molecule is Cc1ccc(SCC(=O)NNC(=O)c2sc3cc(F)ccc3c2Cl)cc1. The van der Waals surface area contributed by atoms with Crippen LogP contribution in [0, 0.1) is 12.7 Å². The maximum atomic E-state index is 13.3. The number of halogens is 2. The molecule has 2 amide bonds. The number of benzene rings is 2. The zero-order valence-corrected chi connectivity index (χ0v) is 16.0. The first-order chi connectivity index (χ1) is 12.4. The summed E-state index contributed by atoms with van der Waals surface area (Å²) in [6.07, 6.45) is 0. The number of rotatable bonds is 4. The second-order valence-corrected chi connectivity index (χ2v) is 7.97. The summed E-state index contributed by atoms with van der Waals surface area (Å²) < 4.78 is 13.9. The summed E-state index contributed by atoms with van der Waals surface area (Å²) in [7, 11) is 0. The van der Waals surface area contributed by atoms with Crippen molar-refractivity contribution in [3.05, 3.63) is 63.7 Å². The molecular weight excluding hydrogens is 395 g/mol. The van der Waals surface area contributed by atoms with E-state index in [1.165, 1.54) is 30.0 Å². The third-order valence-corrected chi connectivity index (χ3v) is 6.17. The van der Waals surface area contributed by atoms with Crippen molar-refractivity contribution in [2.24, 2.45) is 0 Å². The Hall–Kier alpha value is -2.09. The van der Waals surface area contributed by atoms with Crippen LogP contribution >= 0.6 is 34.7 Å².